The van der Waals surface area contributed by atoms with E-state index < -0.39 is 0 Å². The second-order valence-electron chi connectivity index (χ2n) is 8.30. The number of thioether (sulfide) groups is 1. The zero-order valence-corrected chi connectivity index (χ0v) is 19.6. The second kappa shape index (κ2) is 9.17. The molecule has 1 aliphatic carbocycles. The van der Waals surface area contributed by atoms with Crippen molar-refractivity contribution in [2.45, 2.75) is 49.7 Å². The molecule has 0 radical (unpaired) electrons. The van der Waals surface area contributed by atoms with Crippen molar-refractivity contribution in [3.05, 3.63) is 46.6 Å². The average Bonchev–Trinajstić information content (AvgIpc) is 2.98. The number of benzene rings is 1. The number of rotatable bonds is 4. The highest BCUT2D eigenvalue weighted by molar-refractivity contribution is 7.98. The average molecular weight is 453 g/mol. The number of carbonyl (C=O) groups excluding carboxylic acids is 1. The highest BCUT2D eigenvalue weighted by Crippen LogP contribution is 2.40. The number of thiophene rings is 1. The van der Waals surface area contributed by atoms with E-state index in [1.165, 1.54) is 40.0 Å². The van der Waals surface area contributed by atoms with E-state index in [-0.39, 0.29) is 5.91 Å². The van der Waals surface area contributed by atoms with Crippen LogP contribution in [-0.2, 0) is 23.4 Å². The van der Waals surface area contributed by atoms with Crippen LogP contribution in [0.1, 0.15) is 42.5 Å². The van der Waals surface area contributed by atoms with E-state index in [0.717, 1.165) is 61.2 Å². The monoisotopic (exact) mass is 452 g/mol. The van der Waals surface area contributed by atoms with E-state index in [2.05, 4.69) is 29.2 Å². The number of carbonyl (C=O) groups is 1. The number of nitrogens with zero attached hydrogens (tertiary/aromatic N) is 4. The van der Waals surface area contributed by atoms with Crippen LogP contribution in [0.3, 0.4) is 0 Å². The second-order valence-corrected chi connectivity index (χ2v) is 10.4. The Bertz CT molecular complexity index is 1080. The van der Waals surface area contributed by atoms with Gasteiger partial charge in [0, 0.05) is 42.9 Å². The Kier molecular flexibility index (Phi) is 6.14. The molecule has 3 heterocycles. The maximum atomic E-state index is 11.9. The molecule has 1 amide bonds. The van der Waals surface area contributed by atoms with Gasteiger partial charge in [-0.25, -0.2) is 9.97 Å². The Hall–Kier alpha value is -2.12. The zero-order valence-electron chi connectivity index (χ0n) is 18.0. The molecule has 1 fully saturated rings. The van der Waals surface area contributed by atoms with Crippen LogP contribution < -0.4 is 4.90 Å². The molecule has 0 spiro atoms. The maximum Gasteiger partial charge on any atom is 0.219 e. The third kappa shape index (κ3) is 4.44. The molecule has 162 valence electrons. The Morgan fingerprint density at radius 2 is 1.87 bits per heavy atom. The van der Waals surface area contributed by atoms with Crippen LogP contribution in [0.15, 0.2) is 35.2 Å². The Morgan fingerprint density at radius 3 is 2.71 bits per heavy atom. The van der Waals surface area contributed by atoms with Gasteiger partial charge >= 0.3 is 0 Å². The van der Waals surface area contributed by atoms with E-state index in [1.54, 1.807) is 18.7 Å². The van der Waals surface area contributed by atoms with Gasteiger partial charge in [0.05, 0.1) is 11.1 Å². The smallest absolute Gasteiger partial charge is 0.219 e. The SMILES string of the molecule is CC(=O)N1CCCN(c2nc(CSc3ccccc3)nc3sc4c(c23)CCCC4)CC1. The summed E-state index contributed by atoms with van der Waals surface area (Å²) in [4.78, 5) is 30.3. The third-order valence-corrected chi connectivity index (χ3v) is 8.39. The minimum Gasteiger partial charge on any atom is -0.354 e. The predicted octanol–water partition coefficient (Wildman–Crippen LogP) is 4.92. The van der Waals surface area contributed by atoms with Gasteiger partial charge in [-0.1, -0.05) is 18.2 Å². The summed E-state index contributed by atoms with van der Waals surface area (Å²) in [6.45, 7) is 5.04. The van der Waals surface area contributed by atoms with Crippen molar-refractivity contribution in [3.8, 4) is 0 Å². The van der Waals surface area contributed by atoms with Crippen LogP contribution in [0.2, 0.25) is 0 Å². The van der Waals surface area contributed by atoms with E-state index in [4.69, 9.17) is 9.97 Å². The maximum absolute atomic E-state index is 11.9. The van der Waals surface area contributed by atoms with Gasteiger partial charge in [-0.2, -0.15) is 0 Å². The summed E-state index contributed by atoms with van der Waals surface area (Å²) in [5.41, 5.74) is 1.48. The fraction of sp³-hybridized carbons (Fsp3) is 0.458. The molecular formula is C24H28N4OS2. The fourth-order valence-electron chi connectivity index (χ4n) is 4.58. The first-order chi connectivity index (χ1) is 15.2. The molecule has 0 bridgehead atoms. The van der Waals surface area contributed by atoms with Crippen LogP contribution in [0.4, 0.5) is 5.82 Å². The van der Waals surface area contributed by atoms with Gasteiger partial charge in [-0.3, -0.25) is 4.79 Å². The molecule has 0 unspecified atom stereocenters. The number of fused-ring (bicyclic) bond motifs is 3. The summed E-state index contributed by atoms with van der Waals surface area (Å²) in [6, 6.07) is 10.5. The molecule has 31 heavy (non-hydrogen) atoms. The molecule has 5 nitrogen and oxygen atoms in total. The number of hydrogen-bond acceptors (Lipinski definition) is 6. The lowest BCUT2D eigenvalue weighted by atomic mass is 9.97. The number of aryl methyl sites for hydroxylation is 2. The van der Waals surface area contributed by atoms with Gasteiger partial charge in [0.25, 0.3) is 0 Å². The molecule has 0 saturated carbocycles. The normalized spacial score (nSPS) is 16.9. The Labute approximate surface area is 191 Å². The zero-order chi connectivity index (χ0) is 21.2. The predicted molar refractivity (Wildman–Crippen MR) is 129 cm³/mol. The van der Waals surface area contributed by atoms with Crippen molar-refractivity contribution in [2.75, 3.05) is 31.1 Å². The van der Waals surface area contributed by atoms with Crippen LogP contribution in [0.5, 0.6) is 0 Å². The molecule has 1 aliphatic heterocycles. The molecule has 2 aromatic heterocycles. The topological polar surface area (TPSA) is 49.3 Å². The molecule has 5 rings (SSSR count). The largest absolute Gasteiger partial charge is 0.354 e. The van der Waals surface area contributed by atoms with E-state index >= 15 is 0 Å². The van der Waals surface area contributed by atoms with Crippen molar-refractivity contribution in [1.29, 1.82) is 0 Å². The molecule has 1 saturated heterocycles. The first kappa shape index (κ1) is 20.8. The standard InChI is InChI=1S/C24H28N4OS2/c1-17(29)27-12-7-13-28(15-14-27)23-22-19-10-5-6-11-20(19)31-24(22)26-21(25-23)16-30-18-8-3-2-4-9-18/h2-4,8-9H,5-7,10-16H2,1H3. The molecular weight excluding hydrogens is 424 g/mol. The van der Waals surface area contributed by atoms with E-state index in [0.29, 0.717) is 0 Å². The van der Waals surface area contributed by atoms with Gasteiger partial charge in [0.1, 0.15) is 16.5 Å². The van der Waals surface area contributed by atoms with Crippen LogP contribution in [0, 0.1) is 0 Å². The fourth-order valence-corrected chi connectivity index (χ4v) is 6.63. The lowest BCUT2D eigenvalue weighted by molar-refractivity contribution is -0.128. The van der Waals surface area contributed by atoms with Crippen molar-refractivity contribution >= 4 is 45.0 Å². The van der Waals surface area contributed by atoms with Crippen molar-refractivity contribution in [3.63, 3.8) is 0 Å². The minimum atomic E-state index is 0.169. The number of hydrogen-bond donors (Lipinski definition) is 0. The summed E-state index contributed by atoms with van der Waals surface area (Å²) in [6.07, 6.45) is 5.81. The minimum absolute atomic E-state index is 0.169. The Morgan fingerprint density at radius 1 is 1.03 bits per heavy atom. The number of anilines is 1. The molecule has 1 aromatic carbocycles. The van der Waals surface area contributed by atoms with Crippen molar-refractivity contribution < 1.29 is 4.79 Å². The third-order valence-electron chi connectivity index (χ3n) is 6.19. The van der Waals surface area contributed by atoms with E-state index in [1.807, 2.05) is 22.3 Å². The molecule has 2 aliphatic rings. The van der Waals surface area contributed by atoms with Gasteiger partial charge in [-0.15, -0.1) is 23.1 Å². The molecule has 3 aromatic rings. The highest BCUT2D eigenvalue weighted by Gasteiger charge is 2.25. The summed E-state index contributed by atoms with van der Waals surface area (Å²) < 4.78 is 0. The van der Waals surface area contributed by atoms with Gasteiger partial charge in [-0.05, 0) is 49.8 Å². The van der Waals surface area contributed by atoms with Crippen LogP contribution in [0.25, 0.3) is 10.2 Å². The lowest BCUT2D eigenvalue weighted by Crippen LogP contribution is -2.34. The first-order valence-corrected chi connectivity index (χ1v) is 13.0. The van der Waals surface area contributed by atoms with Gasteiger partial charge in [0.15, 0.2) is 0 Å². The molecule has 0 atom stereocenters. The van der Waals surface area contributed by atoms with E-state index in [9.17, 15) is 4.79 Å². The Balaban J connectivity index is 1.51. The quantitative estimate of drug-likeness (QED) is 0.526. The van der Waals surface area contributed by atoms with Crippen molar-refractivity contribution in [2.24, 2.45) is 0 Å². The summed E-state index contributed by atoms with van der Waals surface area (Å²) in [7, 11) is 0. The molecule has 0 N–H and O–H groups in total. The van der Waals surface area contributed by atoms with Gasteiger partial charge < -0.3 is 9.80 Å². The first-order valence-electron chi connectivity index (χ1n) is 11.2. The van der Waals surface area contributed by atoms with Crippen molar-refractivity contribution in [1.82, 2.24) is 14.9 Å². The number of amides is 1. The van der Waals surface area contributed by atoms with Crippen LogP contribution in [-0.4, -0.2) is 47.0 Å². The summed E-state index contributed by atoms with van der Waals surface area (Å²) in [5, 5.41) is 1.28. The van der Waals surface area contributed by atoms with Gasteiger partial charge in [0.2, 0.25) is 5.91 Å². The number of aromatic nitrogens is 2. The highest BCUT2D eigenvalue weighted by atomic mass is 32.2. The summed E-state index contributed by atoms with van der Waals surface area (Å²) >= 11 is 3.66. The lowest BCUT2D eigenvalue weighted by Gasteiger charge is -2.24. The molecule has 7 heteroatoms. The van der Waals surface area contributed by atoms with Crippen LogP contribution >= 0.6 is 23.1 Å². The summed E-state index contributed by atoms with van der Waals surface area (Å²) in [5.74, 6) is 2.94.